The van der Waals surface area contributed by atoms with E-state index in [1.54, 1.807) is 0 Å². The molecule has 0 aromatic heterocycles. The molecule has 3 heteroatoms. The fourth-order valence-corrected chi connectivity index (χ4v) is 1.55. The third kappa shape index (κ3) is 6.89. The molecule has 0 fully saturated rings. The van der Waals surface area contributed by atoms with Gasteiger partial charge in [0.15, 0.2) is 0 Å². The van der Waals surface area contributed by atoms with Crippen LogP contribution in [0, 0.1) is 0 Å². The van der Waals surface area contributed by atoms with Gasteiger partial charge in [-0.2, -0.15) is 0 Å². The van der Waals surface area contributed by atoms with Crippen LogP contribution in [-0.4, -0.2) is 35.1 Å². The van der Waals surface area contributed by atoms with E-state index in [4.69, 9.17) is 5.11 Å². The van der Waals surface area contributed by atoms with E-state index in [1.807, 2.05) is 0 Å². The van der Waals surface area contributed by atoms with E-state index in [0.29, 0.717) is 12.5 Å². The summed E-state index contributed by atoms with van der Waals surface area (Å²) < 4.78 is 0. The summed E-state index contributed by atoms with van der Waals surface area (Å²) in [6, 6.07) is 0.597. The monoisotopic (exact) mass is 201 g/mol. The van der Waals surface area contributed by atoms with Gasteiger partial charge in [-0.25, -0.2) is 0 Å². The summed E-state index contributed by atoms with van der Waals surface area (Å²) in [6.45, 7) is 8.73. The molecule has 3 nitrogen and oxygen atoms in total. The van der Waals surface area contributed by atoms with E-state index in [9.17, 15) is 4.79 Å². The van der Waals surface area contributed by atoms with E-state index in [-0.39, 0.29) is 0 Å². The lowest BCUT2D eigenvalue weighted by molar-refractivity contribution is -0.137. The maximum absolute atomic E-state index is 10.3. The van der Waals surface area contributed by atoms with Crippen molar-refractivity contribution in [2.24, 2.45) is 0 Å². The van der Waals surface area contributed by atoms with Crippen molar-refractivity contribution in [1.82, 2.24) is 4.90 Å². The van der Waals surface area contributed by atoms with Gasteiger partial charge in [0.1, 0.15) is 0 Å². The highest BCUT2D eigenvalue weighted by Crippen LogP contribution is 2.04. The van der Waals surface area contributed by atoms with E-state index in [0.717, 1.165) is 32.4 Å². The van der Waals surface area contributed by atoms with Gasteiger partial charge in [-0.05, 0) is 39.8 Å². The van der Waals surface area contributed by atoms with Gasteiger partial charge in [0.2, 0.25) is 0 Å². The Kier molecular flexibility index (Phi) is 7.48. The Morgan fingerprint density at radius 3 is 2.36 bits per heavy atom. The Morgan fingerprint density at radius 1 is 1.29 bits per heavy atom. The molecule has 1 N–H and O–H groups in total. The van der Waals surface area contributed by atoms with Crippen LogP contribution in [0.5, 0.6) is 0 Å². The molecule has 0 aliphatic rings. The molecule has 0 spiro atoms. The van der Waals surface area contributed by atoms with Gasteiger partial charge in [0.05, 0.1) is 0 Å². The van der Waals surface area contributed by atoms with Crippen molar-refractivity contribution in [2.45, 2.75) is 52.5 Å². The van der Waals surface area contributed by atoms with Gasteiger partial charge < -0.3 is 10.0 Å². The van der Waals surface area contributed by atoms with Crippen LogP contribution >= 0.6 is 0 Å². The average Bonchev–Trinajstić information content (AvgIpc) is 2.10. The molecule has 0 saturated carbocycles. The smallest absolute Gasteiger partial charge is 0.303 e. The molecule has 0 rings (SSSR count). The molecule has 0 bridgehead atoms. The van der Waals surface area contributed by atoms with Gasteiger partial charge >= 0.3 is 5.97 Å². The number of carboxylic acids is 1. The number of aliphatic carboxylic acids is 1. The fraction of sp³-hybridized carbons (Fsp3) is 0.909. The van der Waals surface area contributed by atoms with Crippen molar-refractivity contribution in [3.8, 4) is 0 Å². The van der Waals surface area contributed by atoms with Crippen molar-refractivity contribution in [3.05, 3.63) is 0 Å². The quantitative estimate of drug-likeness (QED) is 0.613. The second-order valence-electron chi connectivity index (χ2n) is 3.93. The molecular weight excluding hydrogens is 178 g/mol. The first kappa shape index (κ1) is 13.4. The average molecular weight is 201 g/mol. The molecule has 0 unspecified atom stereocenters. The van der Waals surface area contributed by atoms with Crippen LogP contribution in [0.15, 0.2) is 0 Å². The topological polar surface area (TPSA) is 40.5 Å². The second kappa shape index (κ2) is 7.80. The third-order valence-corrected chi connectivity index (χ3v) is 2.47. The maximum Gasteiger partial charge on any atom is 0.303 e. The molecule has 14 heavy (non-hydrogen) atoms. The van der Waals surface area contributed by atoms with Gasteiger partial charge in [0, 0.05) is 12.5 Å². The highest BCUT2D eigenvalue weighted by Gasteiger charge is 2.05. The number of hydrogen-bond donors (Lipinski definition) is 1. The molecule has 0 aromatic rings. The zero-order valence-electron chi connectivity index (χ0n) is 9.62. The minimum Gasteiger partial charge on any atom is -0.481 e. The zero-order chi connectivity index (χ0) is 11.0. The maximum atomic E-state index is 10.3. The number of carbonyl (C=O) groups is 1. The predicted molar refractivity (Wildman–Crippen MR) is 58.5 cm³/mol. The normalized spacial score (nSPS) is 11.2. The van der Waals surface area contributed by atoms with Crippen LogP contribution < -0.4 is 0 Å². The lowest BCUT2D eigenvalue weighted by atomic mass is 10.2. The first-order valence-electron chi connectivity index (χ1n) is 5.53. The van der Waals surface area contributed by atoms with Crippen LogP contribution in [0.25, 0.3) is 0 Å². The van der Waals surface area contributed by atoms with Crippen LogP contribution in [0.4, 0.5) is 0 Å². The summed E-state index contributed by atoms with van der Waals surface area (Å²) in [6.07, 6.45) is 3.26. The highest BCUT2D eigenvalue weighted by atomic mass is 16.4. The van der Waals surface area contributed by atoms with Gasteiger partial charge in [-0.1, -0.05) is 13.3 Å². The van der Waals surface area contributed by atoms with Gasteiger partial charge in [-0.3, -0.25) is 4.79 Å². The van der Waals surface area contributed by atoms with Crippen molar-refractivity contribution in [3.63, 3.8) is 0 Å². The molecule has 0 aliphatic heterocycles. The third-order valence-electron chi connectivity index (χ3n) is 2.47. The molecule has 0 aliphatic carbocycles. The molecule has 0 aromatic carbocycles. The summed E-state index contributed by atoms with van der Waals surface area (Å²) in [5, 5.41) is 8.45. The largest absolute Gasteiger partial charge is 0.481 e. The zero-order valence-corrected chi connectivity index (χ0v) is 9.62. The van der Waals surface area contributed by atoms with Crippen molar-refractivity contribution in [1.29, 1.82) is 0 Å². The number of nitrogens with zero attached hydrogens (tertiary/aromatic N) is 1. The van der Waals surface area contributed by atoms with E-state index in [1.165, 1.54) is 0 Å². The minimum absolute atomic E-state index is 0.313. The Hall–Kier alpha value is -0.570. The number of rotatable bonds is 8. The molecule has 0 amide bonds. The van der Waals surface area contributed by atoms with Crippen LogP contribution in [-0.2, 0) is 4.79 Å². The summed E-state index contributed by atoms with van der Waals surface area (Å²) in [5.74, 6) is -0.679. The molecule has 0 radical (unpaired) electrons. The Balaban J connectivity index is 3.38. The van der Waals surface area contributed by atoms with Crippen LogP contribution in [0.2, 0.25) is 0 Å². The van der Waals surface area contributed by atoms with E-state index in [2.05, 4.69) is 25.7 Å². The van der Waals surface area contributed by atoms with Crippen molar-refractivity contribution in [2.75, 3.05) is 13.1 Å². The van der Waals surface area contributed by atoms with E-state index < -0.39 is 5.97 Å². The summed E-state index contributed by atoms with van der Waals surface area (Å²) >= 11 is 0. The Morgan fingerprint density at radius 2 is 1.93 bits per heavy atom. The summed E-state index contributed by atoms with van der Waals surface area (Å²) in [7, 11) is 0. The van der Waals surface area contributed by atoms with Crippen LogP contribution in [0.3, 0.4) is 0 Å². The first-order valence-corrected chi connectivity index (χ1v) is 5.53. The standard InChI is InChI=1S/C11H23NO2/c1-4-12(10(2)3)9-7-5-6-8-11(13)14/h10H,4-9H2,1-3H3,(H,13,14). The van der Waals surface area contributed by atoms with Gasteiger partial charge in [-0.15, -0.1) is 0 Å². The number of carboxylic acid groups (broad SMARTS) is 1. The summed E-state index contributed by atoms with van der Waals surface area (Å²) in [5.41, 5.74) is 0. The fourth-order valence-electron chi connectivity index (χ4n) is 1.55. The van der Waals surface area contributed by atoms with E-state index >= 15 is 0 Å². The Bertz CT molecular complexity index is 157. The summed E-state index contributed by atoms with van der Waals surface area (Å²) in [4.78, 5) is 12.7. The number of hydrogen-bond acceptors (Lipinski definition) is 2. The van der Waals surface area contributed by atoms with Gasteiger partial charge in [0.25, 0.3) is 0 Å². The lowest BCUT2D eigenvalue weighted by Crippen LogP contribution is -2.31. The molecule has 0 atom stereocenters. The minimum atomic E-state index is -0.679. The van der Waals surface area contributed by atoms with Crippen LogP contribution in [0.1, 0.15) is 46.5 Å². The highest BCUT2D eigenvalue weighted by molar-refractivity contribution is 5.66. The Labute approximate surface area is 87.1 Å². The first-order chi connectivity index (χ1) is 6.57. The molecule has 84 valence electrons. The molecule has 0 saturated heterocycles. The molecule has 0 heterocycles. The lowest BCUT2D eigenvalue weighted by Gasteiger charge is -2.24. The van der Waals surface area contributed by atoms with Crippen molar-refractivity contribution < 1.29 is 9.90 Å². The number of unbranched alkanes of at least 4 members (excludes halogenated alkanes) is 2. The molecular formula is C11H23NO2. The second-order valence-corrected chi connectivity index (χ2v) is 3.93. The predicted octanol–water partition coefficient (Wildman–Crippen LogP) is 2.36. The van der Waals surface area contributed by atoms with Crippen molar-refractivity contribution >= 4 is 5.97 Å². The SMILES string of the molecule is CCN(CCCCCC(=O)O)C(C)C.